The molecule has 0 unspecified atom stereocenters. The van der Waals surface area contributed by atoms with Crippen molar-refractivity contribution in [2.24, 2.45) is 0 Å². The molecule has 0 aliphatic heterocycles. The molecule has 0 spiro atoms. The molecule has 1 N–H and O–H groups in total. The SMILES string of the molecule is O=[N+]([O-])C[C@@H](O)c1cccc2ccccc12. The predicted octanol–water partition coefficient (Wildman–Crippen LogP) is 2.15. The maximum Gasteiger partial charge on any atom is 0.233 e. The standard InChI is InChI=1S/C12H11NO3/c14-12(8-13(15)16)11-7-3-5-9-4-1-2-6-10(9)11/h1-7,12,14H,8H2/t12-/m1/s1. The van der Waals surface area contributed by atoms with Gasteiger partial charge in [0.1, 0.15) is 6.10 Å². The van der Waals surface area contributed by atoms with E-state index >= 15 is 0 Å². The second-order valence-electron chi connectivity index (χ2n) is 3.60. The molecule has 0 heterocycles. The van der Waals surface area contributed by atoms with Gasteiger partial charge in [0.15, 0.2) is 0 Å². The van der Waals surface area contributed by atoms with Gasteiger partial charge in [-0.3, -0.25) is 10.1 Å². The molecule has 1 atom stereocenters. The summed E-state index contributed by atoms with van der Waals surface area (Å²) < 4.78 is 0. The average Bonchev–Trinajstić information content (AvgIpc) is 2.27. The van der Waals surface area contributed by atoms with E-state index in [1.165, 1.54) is 0 Å². The second kappa shape index (κ2) is 4.28. The fraction of sp³-hybridized carbons (Fsp3) is 0.167. The first-order valence-electron chi connectivity index (χ1n) is 4.96. The Labute approximate surface area is 92.3 Å². The van der Waals surface area contributed by atoms with Crippen molar-refractivity contribution in [2.75, 3.05) is 6.54 Å². The first kappa shape index (κ1) is 10.6. The van der Waals surface area contributed by atoms with Crippen LogP contribution in [0.2, 0.25) is 0 Å². The Morgan fingerprint density at radius 3 is 2.62 bits per heavy atom. The molecule has 4 heteroatoms. The molecule has 0 aliphatic rings. The molecule has 0 aromatic heterocycles. The number of hydrogen-bond acceptors (Lipinski definition) is 3. The van der Waals surface area contributed by atoms with Crippen molar-refractivity contribution in [3.05, 3.63) is 58.1 Å². The number of fused-ring (bicyclic) bond motifs is 1. The molecule has 0 amide bonds. The molecule has 0 bridgehead atoms. The Hall–Kier alpha value is -1.94. The smallest absolute Gasteiger partial charge is 0.233 e. The summed E-state index contributed by atoms with van der Waals surface area (Å²) in [6, 6.07) is 12.9. The van der Waals surface area contributed by atoms with Gasteiger partial charge in [-0.05, 0) is 16.3 Å². The second-order valence-corrected chi connectivity index (χ2v) is 3.60. The van der Waals surface area contributed by atoms with Crippen LogP contribution in [0.3, 0.4) is 0 Å². The van der Waals surface area contributed by atoms with Gasteiger partial charge in [0.05, 0.1) is 0 Å². The van der Waals surface area contributed by atoms with E-state index in [0.717, 1.165) is 10.8 Å². The summed E-state index contributed by atoms with van der Waals surface area (Å²) in [5.41, 5.74) is 0.606. The Balaban J connectivity index is 2.47. The van der Waals surface area contributed by atoms with E-state index in [1.54, 1.807) is 12.1 Å². The molecule has 0 saturated heterocycles. The summed E-state index contributed by atoms with van der Waals surface area (Å²) in [5.74, 6) is 0. The zero-order chi connectivity index (χ0) is 11.5. The zero-order valence-corrected chi connectivity index (χ0v) is 8.54. The third-order valence-corrected chi connectivity index (χ3v) is 2.50. The van der Waals surface area contributed by atoms with Gasteiger partial charge >= 0.3 is 0 Å². The van der Waals surface area contributed by atoms with Crippen LogP contribution in [0.4, 0.5) is 0 Å². The highest BCUT2D eigenvalue weighted by molar-refractivity contribution is 5.85. The number of aliphatic hydroxyl groups is 1. The first-order valence-corrected chi connectivity index (χ1v) is 4.96. The topological polar surface area (TPSA) is 63.4 Å². The van der Waals surface area contributed by atoms with E-state index < -0.39 is 17.6 Å². The van der Waals surface area contributed by atoms with Crippen LogP contribution >= 0.6 is 0 Å². The Kier molecular flexibility index (Phi) is 2.83. The number of aliphatic hydroxyl groups excluding tert-OH is 1. The molecule has 0 saturated carbocycles. The number of benzene rings is 2. The van der Waals surface area contributed by atoms with E-state index in [0.29, 0.717) is 5.56 Å². The minimum absolute atomic E-state index is 0.464. The van der Waals surface area contributed by atoms with Crippen molar-refractivity contribution in [1.29, 1.82) is 0 Å². The summed E-state index contributed by atoms with van der Waals surface area (Å²) in [5, 5.41) is 21.9. The van der Waals surface area contributed by atoms with Crippen molar-refractivity contribution in [2.45, 2.75) is 6.10 Å². The van der Waals surface area contributed by atoms with Gasteiger partial charge in [-0.25, -0.2) is 0 Å². The molecule has 2 rings (SSSR count). The largest absolute Gasteiger partial charge is 0.381 e. The van der Waals surface area contributed by atoms with Crippen molar-refractivity contribution in [3.63, 3.8) is 0 Å². The minimum Gasteiger partial charge on any atom is -0.381 e. The fourth-order valence-corrected chi connectivity index (χ4v) is 1.78. The lowest BCUT2D eigenvalue weighted by molar-refractivity contribution is -0.491. The van der Waals surface area contributed by atoms with E-state index in [-0.39, 0.29) is 0 Å². The molecular weight excluding hydrogens is 206 g/mol. The highest BCUT2D eigenvalue weighted by Gasteiger charge is 2.16. The van der Waals surface area contributed by atoms with Crippen LogP contribution in [-0.2, 0) is 0 Å². The monoisotopic (exact) mass is 217 g/mol. The van der Waals surface area contributed by atoms with Gasteiger partial charge < -0.3 is 5.11 Å². The van der Waals surface area contributed by atoms with Crippen molar-refractivity contribution in [3.8, 4) is 0 Å². The van der Waals surface area contributed by atoms with Crippen molar-refractivity contribution >= 4 is 10.8 Å². The van der Waals surface area contributed by atoms with Gasteiger partial charge in [-0.1, -0.05) is 42.5 Å². The molecular formula is C12H11NO3. The van der Waals surface area contributed by atoms with E-state index in [4.69, 9.17) is 0 Å². The summed E-state index contributed by atoms with van der Waals surface area (Å²) in [6.07, 6.45) is -1.05. The minimum atomic E-state index is -1.05. The Morgan fingerprint density at radius 1 is 1.19 bits per heavy atom. The third kappa shape index (κ3) is 2.01. The predicted molar refractivity (Wildman–Crippen MR) is 60.8 cm³/mol. The van der Waals surface area contributed by atoms with Crippen LogP contribution in [0, 0.1) is 10.1 Å². The quantitative estimate of drug-likeness (QED) is 0.632. The highest BCUT2D eigenvalue weighted by Crippen LogP contribution is 2.24. The molecule has 2 aromatic carbocycles. The van der Waals surface area contributed by atoms with E-state index in [2.05, 4.69) is 0 Å². The molecule has 16 heavy (non-hydrogen) atoms. The summed E-state index contributed by atoms with van der Waals surface area (Å²) in [6.45, 7) is -0.464. The maximum atomic E-state index is 10.4. The van der Waals surface area contributed by atoms with Crippen molar-refractivity contribution in [1.82, 2.24) is 0 Å². The fourth-order valence-electron chi connectivity index (χ4n) is 1.78. The lowest BCUT2D eigenvalue weighted by atomic mass is 10.0. The van der Waals surface area contributed by atoms with Gasteiger partial charge in [-0.2, -0.15) is 0 Å². The molecule has 0 radical (unpaired) electrons. The molecule has 0 fully saturated rings. The summed E-state index contributed by atoms with van der Waals surface area (Å²) >= 11 is 0. The summed E-state index contributed by atoms with van der Waals surface area (Å²) in [4.78, 5) is 9.86. The highest BCUT2D eigenvalue weighted by atomic mass is 16.6. The van der Waals surface area contributed by atoms with Crippen LogP contribution < -0.4 is 0 Å². The molecule has 4 nitrogen and oxygen atoms in total. The van der Waals surface area contributed by atoms with E-state index in [9.17, 15) is 15.2 Å². The van der Waals surface area contributed by atoms with Crippen LogP contribution in [0.1, 0.15) is 11.7 Å². The number of nitro groups is 1. The van der Waals surface area contributed by atoms with Crippen molar-refractivity contribution < 1.29 is 10.0 Å². The van der Waals surface area contributed by atoms with E-state index in [1.807, 2.05) is 30.3 Å². The Morgan fingerprint density at radius 2 is 1.88 bits per heavy atom. The first-order chi connectivity index (χ1) is 7.68. The third-order valence-electron chi connectivity index (χ3n) is 2.50. The van der Waals surface area contributed by atoms with Crippen LogP contribution in [-0.4, -0.2) is 16.6 Å². The van der Waals surface area contributed by atoms with Crippen LogP contribution in [0.15, 0.2) is 42.5 Å². The summed E-state index contributed by atoms with van der Waals surface area (Å²) in [7, 11) is 0. The zero-order valence-electron chi connectivity index (χ0n) is 8.54. The normalized spacial score (nSPS) is 12.6. The van der Waals surface area contributed by atoms with Gasteiger partial charge in [-0.15, -0.1) is 0 Å². The van der Waals surface area contributed by atoms with Gasteiger partial charge in [0, 0.05) is 4.92 Å². The number of hydrogen-bond donors (Lipinski definition) is 1. The van der Waals surface area contributed by atoms with Crippen LogP contribution in [0.5, 0.6) is 0 Å². The maximum absolute atomic E-state index is 10.4. The lowest BCUT2D eigenvalue weighted by Crippen LogP contribution is -2.12. The van der Waals surface area contributed by atoms with Gasteiger partial charge in [0.25, 0.3) is 0 Å². The number of rotatable bonds is 3. The Bertz CT molecular complexity index is 519. The van der Waals surface area contributed by atoms with Crippen LogP contribution in [0.25, 0.3) is 10.8 Å². The molecule has 82 valence electrons. The lowest BCUT2D eigenvalue weighted by Gasteiger charge is -2.09. The molecule has 0 aliphatic carbocycles. The number of nitrogens with zero attached hydrogens (tertiary/aromatic N) is 1. The molecule has 2 aromatic rings. The van der Waals surface area contributed by atoms with Gasteiger partial charge in [0.2, 0.25) is 6.54 Å². The average molecular weight is 217 g/mol.